The van der Waals surface area contributed by atoms with Gasteiger partial charge in [-0.1, -0.05) is 19.0 Å². The minimum absolute atomic E-state index is 0.0569. The lowest BCUT2D eigenvalue weighted by molar-refractivity contribution is -0.135. The van der Waals surface area contributed by atoms with Gasteiger partial charge in [0, 0.05) is 48.8 Å². The summed E-state index contributed by atoms with van der Waals surface area (Å²) in [5, 5.41) is 8.63. The van der Waals surface area contributed by atoms with E-state index in [-0.39, 0.29) is 29.6 Å². The summed E-state index contributed by atoms with van der Waals surface area (Å²) >= 11 is 0. The number of rotatable bonds is 6. The Kier molecular flexibility index (Phi) is 7.20. The van der Waals surface area contributed by atoms with Crippen molar-refractivity contribution < 1.29 is 18.5 Å². The predicted octanol–water partition coefficient (Wildman–Crippen LogP) is 4.57. The number of halogens is 1. The molecule has 2 amide bonds. The molecule has 1 aliphatic rings. The van der Waals surface area contributed by atoms with Crippen LogP contribution in [0.2, 0.25) is 0 Å². The SMILES string of the molecule is Cc1noc(C)c1CCC(=O)N1CCN(C(=O)c2cn3nc(-c4ccc(F)cc4)cc(C(C)C)c3n2)CC1C. The first-order chi connectivity index (χ1) is 18.6. The Bertz CT molecular complexity index is 1500. The normalized spacial score (nSPS) is 15.9. The number of carbonyl (C=O) groups excluding carboxylic acids is 2. The summed E-state index contributed by atoms with van der Waals surface area (Å²) in [7, 11) is 0. The number of hydrogen-bond acceptors (Lipinski definition) is 6. The Labute approximate surface area is 226 Å². The van der Waals surface area contributed by atoms with Gasteiger partial charge in [0.15, 0.2) is 5.65 Å². The van der Waals surface area contributed by atoms with Crippen LogP contribution in [0.3, 0.4) is 0 Å². The molecule has 9 nitrogen and oxygen atoms in total. The van der Waals surface area contributed by atoms with E-state index in [2.05, 4.69) is 29.1 Å². The van der Waals surface area contributed by atoms with Crippen molar-refractivity contribution in [1.29, 1.82) is 0 Å². The van der Waals surface area contributed by atoms with Crippen LogP contribution in [-0.2, 0) is 11.2 Å². The molecule has 4 heterocycles. The first-order valence-electron chi connectivity index (χ1n) is 13.3. The van der Waals surface area contributed by atoms with Gasteiger partial charge in [-0.25, -0.2) is 13.9 Å². The fraction of sp³-hybridized carbons (Fsp3) is 0.414. The molecule has 10 heteroatoms. The van der Waals surface area contributed by atoms with Gasteiger partial charge in [0.1, 0.15) is 17.3 Å². The van der Waals surface area contributed by atoms with Crippen molar-refractivity contribution in [3.8, 4) is 11.3 Å². The first kappa shape index (κ1) is 26.5. The Hall–Kier alpha value is -4.08. The van der Waals surface area contributed by atoms with Gasteiger partial charge in [0.2, 0.25) is 5.91 Å². The molecular formula is C29H33FN6O3. The van der Waals surface area contributed by atoms with Gasteiger partial charge in [-0.3, -0.25) is 9.59 Å². The largest absolute Gasteiger partial charge is 0.361 e. The van der Waals surface area contributed by atoms with Gasteiger partial charge in [0.25, 0.3) is 5.91 Å². The standard InChI is InChI=1S/C29H33FN6O3/c1-17(2)24-14-25(21-6-8-22(30)9-7-21)32-36-16-26(31-28(24)36)29(38)34-12-13-35(18(3)15-34)27(37)11-10-23-19(4)33-39-20(23)5/h6-9,14,16-18H,10-13,15H2,1-5H3. The highest BCUT2D eigenvalue weighted by molar-refractivity contribution is 5.93. The number of fused-ring (bicyclic) bond motifs is 1. The average molecular weight is 533 g/mol. The Morgan fingerprint density at radius 3 is 2.54 bits per heavy atom. The van der Waals surface area contributed by atoms with Crippen molar-refractivity contribution >= 4 is 17.5 Å². The van der Waals surface area contributed by atoms with Crippen LogP contribution in [-0.4, -0.2) is 67.0 Å². The second kappa shape index (κ2) is 10.6. The Morgan fingerprint density at radius 2 is 1.90 bits per heavy atom. The van der Waals surface area contributed by atoms with Crippen LogP contribution in [0.4, 0.5) is 4.39 Å². The molecule has 0 bridgehead atoms. The average Bonchev–Trinajstić information content (AvgIpc) is 3.49. The molecular weight excluding hydrogens is 499 g/mol. The maximum absolute atomic E-state index is 13.5. The van der Waals surface area contributed by atoms with Gasteiger partial charge in [0.05, 0.1) is 17.6 Å². The fourth-order valence-corrected chi connectivity index (χ4v) is 5.20. The molecule has 1 aromatic carbocycles. The second-order valence-electron chi connectivity index (χ2n) is 10.5. The molecule has 1 fully saturated rings. The zero-order valence-corrected chi connectivity index (χ0v) is 22.9. The van der Waals surface area contributed by atoms with Gasteiger partial charge < -0.3 is 14.3 Å². The monoisotopic (exact) mass is 532 g/mol. The van der Waals surface area contributed by atoms with Crippen molar-refractivity contribution in [3.63, 3.8) is 0 Å². The van der Waals surface area contributed by atoms with Crippen molar-refractivity contribution in [2.75, 3.05) is 19.6 Å². The van der Waals surface area contributed by atoms with E-state index in [1.165, 1.54) is 12.1 Å². The number of piperazine rings is 1. The number of amides is 2. The van der Waals surface area contributed by atoms with E-state index < -0.39 is 0 Å². The molecule has 1 aliphatic heterocycles. The van der Waals surface area contributed by atoms with E-state index >= 15 is 0 Å². The quantitative estimate of drug-likeness (QED) is 0.361. The van der Waals surface area contributed by atoms with Crippen LogP contribution < -0.4 is 0 Å². The zero-order chi connectivity index (χ0) is 27.8. The summed E-state index contributed by atoms with van der Waals surface area (Å²) in [5.41, 5.74) is 5.15. The van der Waals surface area contributed by atoms with Crippen LogP contribution in [0.1, 0.15) is 66.2 Å². The molecule has 3 aromatic heterocycles. The molecule has 204 valence electrons. The molecule has 1 unspecified atom stereocenters. The number of carbonyl (C=O) groups is 2. The van der Waals surface area contributed by atoms with Crippen LogP contribution in [0.5, 0.6) is 0 Å². The van der Waals surface area contributed by atoms with Crippen LogP contribution in [0, 0.1) is 19.7 Å². The number of benzene rings is 1. The third-order valence-electron chi connectivity index (χ3n) is 7.44. The maximum Gasteiger partial charge on any atom is 0.274 e. The Balaban J connectivity index is 1.31. The highest BCUT2D eigenvalue weighted by Crippen LogP contribution is 2.26. The minimum Gasteiger partial charge on any atom is -0.361 e. The van der Waals surface area contributed by atoms with Crippen LogP contribution in [0.25, 0.3) is 16.9 Å². The van der Waals surface area contributed by atoms with Gasteiger partial charge in [-0.2, -0.15) is 5.10 Å². The summed E-state index contributed by atoms with van der Waals surface area (Å²) in [4.78, 5) is 34.7. The summed E-state index contributed by atoms with van der Waals surface area (Å²) < 4.78 is 20.3. The van der Waals surface area contributed by atoms with E-state index in [0.29, 0.717) is 49.5 Å². The summed E-state index contributed by atoms with van der Waals surface area (Å²) in [6.45, 7) is 11.1. The molecule has 0 saturated carbocycles. The first-order valence-corrected chi connectivity index (χ1v) is 13.3. The number of imidazole rings is 1. The molecule has 0 N–H and O–H groups in total. The topological polar surface area (TPSA) is 96.8 Å². The maximum atomic E-state index is 13.5. The lowest BCUT2D eigenvalue weighted by atomic mass is 10.0. The van der Waals surface area contributed by atoms with E-state index in [1.54, 1.807) is 27.7 Å². The minimum atomic E-state index is -0.309. The number of aromatic nitrogens is 4. The van der Waals surface area contributed by atoms with E-state index in [0.717, 1.165) is 28.1 Å². The molecule has 0 aliphatic carbocycles. The highest BCUT2D eigenvalue weighted by atomic mass is 19.1. The number of hydrogen-bond donors (Lipinski definition) is 0. The van der Waals surface area contributed by atoms with Crippen LogP contribution in [0.15, 0.2) is 41.1 Å². The summed E-state index contributed by atoms with van der Waals surface area (Å²) in [6.07, 6.45) is 2.61. The second-order valence-corrected chi connectivity index (χ2v) is 10.5. The Morgan fingerprint density at radius 1 is 1.15 bits per heavy atom. The van der Waals surface area contributed by atoms with Crippen molar-refractivity contribution in [2.45, 2.75) is 59.4 Å². The predicted molar refractivity (Wildman–Crippen MR) is 144 cm³/mol. The van der Waals surface area contributed by atoms with Gasteiger partial charge in [-0.15, -0.1) is 0 Å². The van der Waals surface area contributed by atoms with E-state index in [4.69, 9.17) is 4.52 Å². The van der Waals surface area contributed by atoms with Crippen molar-refractivity contribution in [3.05, 3.63) is 70.6 Å². The lowest BCUT2D eigenvalue weighted by Gasteiger charge is -2.39. The fourth-order valence-electron chi connectivity index (χ4n) is 5.20. The number of aryl methyl sites for hydroxylation is 2. The zero-order valence-electron chi connectivity index (χ0n) is 22.9. The third kappa shape index (κ3) is 5.28. The number of nitrogens with zero attached hydrogens (tertiary/aromatic N) is 6. The smallest absolute Gasteiger partial charge is 0.274 e. The molecule has 5 rings (SSSR count). The molecule has 0 radical (unpaired) electrons. The van der Waals surface area contributed by atoms with E-state index in [9.17, 15) is 14.0 Å². The molecule has 39 heavy (non-hydrogen) atoms. The van der Waals surface area contributed by atoms with Gasteiger partial charge >= 0.3 is 0 Å². The molecule has 0 spiro atoms. The molecule has 1 atom stereocenters. The summed E-state index contributed by atoms with van der Waals surface area (Å²) in [6, 6.07) is 8.01. The summed E-state index contributed by atoms with van der Waals surface area (Å²) in [5.74, 6) is 0.446. The van der Waals surface area contributed by atoms with Crippen LogP contribution >= 0.6 is 0 Å². The highest BCUT2D eigenvalue weighted by Gasteiger charge is 2.31. The molecule has 4 aromatic rings. The van der Waals surface area contributed by atoms with Crippen molar-refractivity contribution in [2.24, 2.45) is 0 Å². The lowest BCUT2D eigenvalue weighted by Crippen LogP contribution is -2.55. The van der Waals surface area contributed by atoms with E-state index in [1.807, 2.05) is 31.7 Å². The van der Waals surface area contributed by atoms with Crippen molar-refractivity contribution in [1.82, 2.24) is 29.6 Å². The molecule has 1 saturated heterocycles. The van der Waals surface area contributed by atoms with Gasteiger partial charge in [-0.05, 0) is 63.4 Å². The third-order valence-corrected chi connectivity index (χ3v) is 7.44.